The molecule has 0 amide bonds. The number of aromatic nitrogens is 4. The van der Waals surface area contributed by atoms with Crippen LogP contribution in [0.3, 0.4) is 0 Å². The van der Waals surface area contributed by atoms with Crippen molar-refractivity contribution in [3.05, 3.63) is 48.9 Å². The van der Waals surface area contributed by atoms with E-state index in [0.29, 0.717) is 23.9 Å². The van der Waals surface area contributed by atoms with Crippen LogP contribution in [0.4, 0.5) is 5.82 Å². The van der Waals surface area contributed by atoms with Gasteiger partial charge in [-0.05, 0) is 18.2 Å². The van der Waals surface area contributed by atoms with Crippen LogP contribution < -0.4 is 19.1 Å². The fraction of sp³-hybridized carbons (Fsp3) is 0.273. The Bertz CT molecular complexity index is 1440. The minimum absolute atomic E-state index is 0.00521. The first kappa shape index (κ1) is 24.3. The lowest BCUT2D eigenvalue weighted by molar-refractivity contribution is 0.216. The van der Waals surface area contributed by atoms with Crippen molar-refractivity contribution in [2.75, 3.05) is 32.2 Å². The maximum atomic E-state index is 8.74. The predicted molar refractivity (Wildman–Crippen MR) is 128 cm³/mol. The van der Waals surface area contributed by atoms with Gasteiger partial charge in [-0.25, -0.2) is 19.9 Å². The average molecular weight is 502 g/mol. The molecule has 2 N–H and O–H groups in total. The molecule has 1 fully saturated rings. The third-order valence-corrected chi connectivity index (χ3v) is 5.28. The number of ether oxygens (including phenoxy) is 3. The summed E-state index contributed by atoms with van der Waals surface area (Å²) >= 11 is 0. The zero-order chi connectivity index (χ0) is 25.0. The first-order valence-electron chi connectivity index (χ1n) is 10.4. The molecule has 0 bridgehead atoms. The Kier molecular flexibility index (Phi) is 7.10. The van der Waals surface area contributed by atoms with Gasteiger partial charge in [0, 0.05) is 24.4 Å². The largest absolute Gasteiger partial charge is 0.493 e. The number of para-hydroxylation sites is 2. The number of methoxy groups -OCH3 is 2. The summed E-state index contributed by atoms with van der Waals surface area (Å²) < 4.78 is 48.6. The van der Waals surface area contributed by atoms with Gasteiger partial charge in [0.15, 0.2) is 11.5 Å². The van der Waals surface area contributed by atoms with E-state index in [2.05, 4.69) is 24.8 Å². The molecule has 0 radical (unpaired) electrons. The highest BCUT2D eigenvalue weighted by Crippen LogP contribution is 2.35. The molecule has 184 valence electrons. The summed E-state index contributed by atoms with van der Waals surface area (Å²) in [5.74, 6) is 2.70. The number of benzene rings is 2. The summed E-state index contributed by atoms with van der Waals surface area (Å²) in [5.41, 5.74) is 2.49. The van der Waals surface area contributed by atoms with Crippen molar-refractivity contribution in [2.45, 2.75) is 12.5 Å². The SMILES string of the molecule is COc1cc2ncnc(N3CC[C@H](Oc4cnc5ccccc5n4)C3)c2cc1OC.O=S(=O)(O)O. The number of rotatable bonds is 5. The average Bonchev–Trinajstić information content (AvgIpc) is 3.29. The van der Waals surface area contributed by atoms with E-state index in [1.54, 1.807) is 26.7 Å². The highest BCUT2D eigenvalue weighted by atomic mass is 32.3. The summed E-state index contributed by atoms with van der Waals surface area (Å²) in [4.78, 5) is 20.1. The quantitative estimate of drug-likeness (QED) is 0.386. The number of nitrogens with zero attached hydrogens (tertiary/aromatic N) is 5. The molecular formula is C22H23N5O7S. The van der Waals surface area contributed by atoms with Crippen LogP contribution in [-0.4, -0.2) is 70.9 Å². The van der Waals surface area contributed by atoms with E-state index < -0.39 is 10.4 Å². The molecule has 1 saturated heterocycles. The first-order chi connectivity index (χ1) is 16.7. The van der Waals surface area contributed by atoms with E-state index in [0.717, 1.165) is 40.7 Å². The molecule has 35 heavy (non-hydrogen) atoms. The third kappa shape index (κ3) is 6.01. The minimum atomic E-state index is -4.67. The van der Waals surface area contributed by atoms with E-state index >= 15 is 0 Å². The third-order valence-electron chi connectivity index (χ3n) is 5.28. The van der Waals surface area contributed by atoms with Gasteiger partial charge in [0.1, 0.15) is 18.2 Å². The number of fused-ring (bicyclic) bond motifs is 2. The van der Waals surface area contributed by atoms with Crippen LogP contribution in [0.2, 0.25) is 0 Å². The molecule has 0 unspecified atom stereocenters. The van der Waals surface area contributed by atoms with Gasteiger partial charge >= 0.3 is 10.4 Å². The van der Waals surface area contributed by atoms with Gasteiger partial charge in [0.05, 0.1) is 43.5 Å². The molecule has 3 heterocycles. The van der Waals surface area contributed by atoms with Crippen molar-refractivity contribution >= 4 is 38.2 Å². The Balaban J connectivity index is 0.000000527. The molecule has 13 heteroatoms. The van der Waals surface area contributed by atoms with Gasteiger partial charge in [0.25, 0.3) is 0 Å². The second kappa shape index (κ2) is 10.2. The van der Waals surface area contributed by atoms with Gasteiger partial charge in [-0.3, -0.25) is 9.11 Å². The molecule has 1 aliphatic rings. The molecular weight excluding hydrogens is 478 g/mol. The lowest BCUT2D eigenvalue weighted by Gasteiger charge is -2.20. The van der Waals surface area contributed by atoms with Crippen LogP contribution in [0.1, 0.15) is 6.42 Å². The van der Waals surface area contributed by atoms with E-state index in [-0.39, 0.29) is 6.10 Å². The van der Waals surface area contributed by atoms with Crippen molar-refractivity contribution in [3.63, 3.8) is 0 Å². The van der Waals surface area contributed by atoms with Gasteiger partial charge in [-0.2, -0.15) is 8.42 Å². The highest BCUT2D eigenvalue weighted by molar-refractivity contribution is 7.79. The molecule has 1 aliphatic heterocycles. The molecule has 0 saturated carbocycles. The molecule has 5 rings (SSSR count). The topological polar surface area (TPSA) is 157 Å². The Morgan fingerprint density at radius 1 is 0.971 bits per heavy atom. The summed E-state index contributed by atoms with van der Waals surface area (Å²) in [6, 6.07) is 11.6. The van der Waals surface area contributed by atoms with Crippen LogP contribution in [0.25, 0.3) is 21.9 Å². The predicted octanol–water partition coefficient (Wildman–Crippen LogP) is 2.60. The maximum Gasteiger partial charge on any atom is 0.394 e. The van der Waals surface area contributed by atoms with Gasteiger partial charge in [-0.15, -0.1) is 0 Å². The number of hydrogen-bond acceptors (Lipinski definition) is 10. The molecule has 0 spiro atoms. The smallest absolute Gasteiger partial charge is 0.394 e. The number of anilines is 1. The number of hydrogen-bond donors (Lipinski definition) is 2. The van der Waals surface area contributed by atoms with Crippen molar-refractivity contribution < 1.29 is 31.7 Å². The molecule has 1 atom stereocenters. The van der Waals surface area contributed by atoms with Crippen molar-refractivity contribution in [1.82, 2.24) is 19.9 Å². The van der Waals surface area contributed by atoms with E-state index in [1.807, 2.05) is 36.4 Å². The van der Waals surface area contributed by atoms with E-state index in [9.17, 15) is 0 Å². The zero-order valence-electron chi connectivity index (χ0n) is 18.9. The summed E-state index contributed by atoms with van der Waals surface area (Å²) in [7, 11) is -1.43. The molecule has 2 aromatic carbocycles. The standard InChI is InChI=1S/C22H21N5O3.H2O4S/c1-28-19-9-15-18(10-20(19)29-2)24-13-25-22(15)27-8-7-14(12-27)30-21-11-23-16-5-3-4-6-17(16)26-21;1-5(2,3)4/h3-6,9-11,13-14H,7-8,12H2,1-2H3;(H2,1,2,3,4)/t14-;/m0./s1. The van der Waals surface area contributed by atoms with Crippen molar-refractivity contribution in [3.8, 4) is 17.4 Å². The van der Waals surface area contributed by atoms with Crippen molar-refractivity contribution in [1.29, 1.82) is 0 Å². The van der Waals surface area contributed by atoms with E-state index in [4.69, 9.17) is 31.7 Å². The molecule has 0 aliphatic carbocycles. The van der Waals surface area contributed by atoms with Crippen LogP contribution in [-0.2, 0) is 10.4 Å². The Morgan fingerprint density at radius 3 is 2.37 bits per heavy atom. The van der Waals surface area contributed by atoms with E-state index in [1.165, 1.54) is 0 Å². The Labute approximate surface area is 201 Å². The highest BCUT2D eigenvalue weighted by Gasteiger charge is 2.27. The molecule has 4 aromatic rings. The van der Waals surface area contributed by atoms with Gasteiger partial charge in [-0.1, -0.05) is 12.1 Å². The lowest BCUT2D eigenvalue weighted by atomic mass is 10.2. The summed E-state index contributed by atoms with van der Waals surface area (Å²) in [5, 5.41) is 0.918. The normalized spacial score (nSPS) is 15.5. The Hall–Kier alpha value is -3.81. The zero-order valence-corrected chi connectivity index (χ0v) is 19.7. The summed E-state index contributed by atoms with van der Waals surface area (Å²) in [6.45, 7) is 1.53. The van der Waals surface area contributed by atoms with Crippen LogP contribution in [0, 0.1) is 0 Å². The molecule has 2 aromatic heterocycles. The van der Waals surface area contributed by atoms with Crippen LogP contribution in [0.5, 0.6) is 17.4 Å². The van der Waals surface area contributed by atoms with Gasteiger partial charge in [0.2, 0.25) is 5.88 Å². The maximum absolute atomic E-state index is 8.74. The minimum Gasteiger partial charge on any atom is -0.493 e. The van der Waals surface area contributed by atoms with Crippen LogP contribution >= 0.6 is 0 Å². The second-order valence-electron chi connectivity index (χ2n) is 7.54. The second-order valence-corrected chi connectivity index (χ2v) is 8.44. The molecule has 12 nitrogen and oxygen atoms in total. The van der Waals surface area contributed by atoms with Crippen molar-refractivity contribution in [2.24, 2.45) is 0 Å². The first-order valence-corrected chi connectivity index (χ1v) is 11.8. The fourth-order valence-corrected chi connectivity index (χ4v) is 3.81. The fourth-order valence-electron chi connectivity index (χ4n) is 3.81. The monoisotopic (exact) mass is 501 g/mol. The lowest BCUT2D eigenvalue weighted by Crippen LogP contribution is -2.25. The van der Waals surface area contributed by atoms with Gasteiger partial charge < -0.3 is 19.1 Å². The Morgan fingerprint density at radius 2 is 1.66 bits per heavy atom. The summed E-state index contributed by atoms with van der Waals surface area (Å²) in [6.07, 6.45) is 4.13. The van der Waals surface area contributed by atoms with Crippen LogP contribution in [0.15, 0.2) is 48.9 Å².